The molecule has 94 valence electrons. The lowest BCUT2D eigenvalue weighted by molar-refractivity contribution is -0.111. The number of Topliss-reactive ketones (excluding diaryl/α,β-unsaturated/α-hetero) is 1. The number of hydrogen-bond acceptors (Lipinski definition) is 2. The molecular formula is C16H18O2. The molecule has 2 fully saturated rings. The number of rotatable bonds is 4. The van der Waals surface area contributed by atoms with Crippen molar-refractivity contribution in [3.8, 4) is 0 Å². The van der Waals surface area contributed by atoms with Gasteiger partial charge in [-0.1, -0.05) is 36.8 Å². The van der Waals surface area contributed by atoms with Crippen LogP contribution < -0.4 is 0 Å². The highest BCUT2D eigenvalue weighted by molar-refractivity contribution is 6.05. The molecule has 3 rings (SSSR count). The van der Waals surface area contributed by atoms with Gasteiger partial charge in [-0.25, -0.2) is 0 Å². The first kappa shape index (κ1) is 11.6. The smallest absolute Gasteiger partial charge is 0.173 e. The second-order valence-corrected chi connectivity index (χ2v) is 5.73. The second kappa shape index (κ2) is 4.68. The van der Waals surface area contributed by atoms with Gasteiger partial charge < -0.3 is 4.79 Å². The molecule has 2 heteroatoms. The van der Waals surface area contributed by atoms with Crippen molar-refractivity contribution in [2.45, 2.75) is 25.7 Å². The molecule has 0 aliphatic heterocycles. The Balaban J connectivity index is 1.81. The van der Waals surface area contributed by atoms with E-state index in [9.17, 15) is 9.59 Å². The van der Waals surface area contributed by atoms with Crippen LogP contribution in [0.15, 0.2) is 30.3 Å². The maximum absolute atomic E-state index is 12.4. The van der Waals surface area contributed by atoms with Gasteiger partial charge in [0.15, 0.2) is 5.78 Å². The first-order valence-corrected chi connectivity index (χ1v) is 6.84. The van der Waals surface area contributed by atoms with E-state index in [4.69, 9.17) is 0 Å². The van der Waals surface area contributed by atoms with E-state index in [-0.39, 0.29) is 5.78 Å². The Kier molecular flexibility index (Phi) is 3.02. The number of benzene rings is 1. The van der Waals surface area contributed by atoms with E-state index >= 15 is 0 Å². The van der Waals surface area contributed by atoms with E-state index in [1.54, 1.807) is 0 Å². The van der Waals surface area contributed by atoms with Gasteiger partial charge >= 0.3 is 0 Å². The van der Waals surface area contributed by atoms with Gasteiger partial charge in [0.25, 0.3) is 0 Å². The molecule has 1 aromatic rings. The van der Waals surface area contributed by atoms with Gasteiger partial charge in [0.2, 0.25) is 0 Å². The Labute approximate surface area is 107 Å². The maximum atomic E-state index is 12.4. The third-order valence-electron chi connectivity index (χ3n) is 4.76. The third kappa shape index (κ3) is 1.90. The molecule has 0 heterocycles. The van der Waals surface area contributed by atoms with Crippen LogP contribution in [-0.2, 0) is 4.79 Å². The van der Waals surface area contributed by atoms with Crippen molar-refractivity contribution in [2.24, 2.45) is 23.7 Å². The fourth-order valence-corrected chi connectivity index (χ4v) is 3.89. The standard InChI is InChI=1S/C16H18O2/c17-10-15(14-9-11-6-7-13(14)8-11)16(18)12-4-2-1-3-5-12/h1-5,10-11,13-15H,6-9H2. The molecule has 2 nitrogen and oxygen atoms in total. The maximum Gasteiger partial charge on any atom is 0.173 e. The fourth-order valence-electron chi connectivity index (χ4n) is 3.89. The van der Waals surface area contributed by atoms with Crippen molar-refractivity contribution in [1.29, 1.82) is 0 Å². The van der Waals surface area contributed by atoms with Crippen LogP contribution in [-0.4, -0.2) is 12.1 Å². The first-order chi connectivity index (χ1) is 8.79. The summed E-state index contributed by atoms with van der Waals surface area (Å²) in [7, 11) is 0. The van der Waals surface area contributed by atoms with Crippen molar-refractivity contribution < 1.29 is 9.59 Å². The Hall–Kier alpha value is -1.44. The average Bonchev–Trinajstić information content (AvgIpc) is 3.03. The molecule has 2 aliphatic carbocycles. The molecule has 0 N–H and O–H groups in total. The Morgan fingerprint density at radius 1 is 1.17 bits per heavy atom. The van der Waals surface area contributed by atoms with E-state index < -0.39 is 5.92 Å². The number of hydrogen-bond donors (Lipinski definition) is 0. The predicted octanol–water partition coefficient (Wildman–Crippen LogP) is 3.12. The van der Waals surface area contributed by atoms with Crippen LogP contribution in [0.25, 0.3) is 0 Å². The lowest BCUT2D eigenvalue weighted by Crippen LogP contribution is -2.29. The zero-order valence-electron chi connectivity index (χ0n) is 10.4. The highest BCUT2D eigenvalue weighted by atomic mass is 16.1. The minimum Gasteiger partial charge on any atom is -0.303 e. The van der Waals surface area contributed by atoms with Crippen LogP contribution in [0.3, 0.4) is 0 Å². The molecular weight excluding hydrogens is 224 g/mol. The van der Waals surface area contributed by atoms with Gasteiger partial charge in [0.05, 0.1) is 5.92 Å². The summed E-state index contributed by atoms with van der Waals surface area (Å²) in [5.41, 5.74) is 0.678. The minimum atomic E-state index is -0.414. The van der Waals surface area contributed by atoms with Gasteiger partial charge in [-0.15, -0.1) is 0 Å². The van der Waals surface area contributed by atoms with Gasteiger partial charge in [-0.2, -0.15) is 0 Å². The van der Waals surface area contributed by atoms with Gasteiger partial charge in [0, 0.05) is 5.56 Å². The summed E-state index contributed by atoms with van der Waals surface area (Å²) in [4.78, 5) is 23.8. The van der Waals surface area contributed by atoms with E-state index in [0.29, 0.717) is 17.4 Å². The summed E-state index contributed by atoms with van der Waals surface area (Å²) in [6, 6.07) is 9.23. The Morgan fingerprint density at radius 3 is 2.50 bits per heavy atom. The molecule has 2 aliphatic rings. The van der Waals surface area contributed by atoms with Crippen molar-refractivity contribution in [3.63, 3.8) is 0 Å². The quantitative estimate of drug-likeness (QED) is 0.462. The lowest BCUT2D eigenvalue weighted by Gasteiger charge is -2.25. The van der Waals surface area contributed by atoms with Crippen LogP contribution >= 0.6 is 0 Å². The van der Waals surface area contributed by atoms with Crippen LogP contribution in [0.1, 0.15) is 36.0 Å². The van der Waals surface area contributed by atoms with Crippen molar-refractivity contribution in [2.75, 3.05) is 0 Å². The van der Waals surface area contributed by atoms with E-state index in [1.807, 2.05) is 30.3 Å². The number of fused-ring (bicyclic) bond motifs is 2. The number of carbonyl (C=O) groups is 2. The molecule has 4 atom stereocenters. The summed E-state index contributed by atoms with van der Waals surface area (Å²) in [6.45, 7) is 0. The number of aldehydes is 1. The summed E-state index contributed by atoms with van der Waals surface area (Å²) in [6.07, 6.45) is 5.71. The minimum absolute atomic E-state index is 0.0168. The van der Waals surface area contributed by atoms with Crippen molar-refractivity contribution >= 4 is 12.1 Å². The highest BCUT2D eigenvalue weighted by Gasteiger charge is 2.45. The van der Waals surface area contributed by atoms with Crippen molar-refractivity contribution in [3.05, 3.63) is 35.9 Å². The van der Waals surface area contributed by atoms with Crippen LogP contribution in [0.2, 0.25) is 0 Å². The van der Waals surface area contributed by atoms with Crippen molar-refractivity contribution in [1.82, 2.24) is 0 Å². The molecule has 2 saturated carbocycles. The largest absolute Gasteiger partial charge is 0.303 e. The summed E-state index contributed by atoms with van der Waals surface area (Å²) >= 11 is 0. The summed E-state index contributed by atoms with van der Waals surface area (Å²) in [5, 5.41) is 0. The zero-order chi connectivity index (χ0) is 12.5. The van der Waals surface area contributed by atoms with Gasteiger partial charge in [-0.3, -0.25) is 4.79 Å². The Morgan fingerprint density at radius 2 is 1.94 bits per heavy atom. The molecule has 0 aromatic heterocycles. The summed E-state index contributed by atoms with van der Waals surface area (Å²) in [5.74, 6) is 1.28. The van der Waals surface area contributed by atoms with Crippen LogP contribution in [0.4, 0.5) is 0 Å². The zero-order valence-corrected chi connectivity index (χ0v) is 10.4. The van der Waals surface area contributed by atoms with E-state index in [0.717, 1.165) is 18.6 Å². The van der Waals surface area contributed by atoms with E-state index in [1.165, 1.54) is 19.3 Å². The average molecular weight is 242 g/mol. The molecule has 1 aromatic carbocycles. The molecule has 4 unspecified atom stereocenters. The summed E-state index contributed by atoms with van der Waals surface area (Å²) < 4.78 is 0. The predicted molar refractivity (Wildman–Crippen MR) is 69.3 cm³/mol. The Bertz CT molecular complexity index is 451. The van der Waals surface area contributed by atoms with Crippen LogP contribution in [0.5, 0.6) is 0 Å². The second-order valence-electron chi connectivity index (χ2n) is 5.73. The monoisotopic (exact) mass is 242 g/mol. The molecule has 0 spiro atoms. The first-order valence-electron chi connectivity index (χ1n) is 6.84. The highest BCUT2D eigenvalue weighted by Crippen LogP contribution is 2.51. The molecule has 0 amide bonds. The lowest BCUT2D eigenvalue weighted by atomic mass is 9.77. The topological polar surface area (TPSA) is 34.1 Å². The molecule has 0 saturated heterocycles. The van der Waals surface area contributed by atoms with E-state index in [2.05, 4.69) is 0 Å². The van der Waals surface area contributed by atoms with Gasteiger partial charge in [0.1, 0.15) is 6.29 Å². The van der Waals surface area contributed by atoms with Gasteiger partial charge in [-0.05, 0) is 37.0 Å². The number of carbonyl (C=O) groups excluding carboxylic acids is 2. The van der Waals surface area contributed by atoms with Crippen LogP contribution in [0, 0.1) is 23.7 Å². The SMILES string of the molecule is O=CC(C(=O)c1ccccc1)C1CC2CCC1C2. The fraction of sp³-hybridized carbons (Fsp3) is 0.500. The third-order valence-corrected chi connectivity index (χ3v) is 4.76. The molecule has 2 bridgehead atoms. The molecule has 18 heavy (non-hydrogen) atoms. The molecule has 0 radical (unpaired) electrons. The normalized spacial score (nSPS) is 31.2. The number of ketones is 1.